The minimum Gasteiger partial charge on any atom is -0.507 e. The van der Waals surface area contributed by atoms with Crippen LogP contribution in [0.3, 0.4) is 0 Å². The first-order valence-corrected chi connectivity index (χ1v) is 21.9. The van der Waals surface area contributed by atoms with Crippen LogP contribution in [0, 0.1) is 17.8 Å². The summed E-state index contributed by atoms with van der Waals surface area (Å²) < 4.78 is 14.0. The highest BCUT2D eigenvalue weighted by Gasteiger charge is 2.55. The Morgan fingerprint density at radius 2 is 1.44 bits per heavy atom. The minimum atomic E-state index is -3.00. The van der Waals surface area contributed by atoms with Crippen LogP contribution in [0.4, 0.5) is 0 Å². The maximum Gasteiger partial charge on any atom is 0.455 e. The molecule has 1 aliphatic heterocycles. The van der Waals surface area contributed by atoms with Crippen molar-refractivity contribution in [2.45, 2.75) is 57.5 Å². The first-order chi connectivity index (χ1) is 27.6. The number of fused-ring (bicyclic) bond motifs is 4. The quantitative estimate of drug-likeness (QED) is 0.109. The summed E-state index contributed by atoms with van der Waals surface area (Å²) in [6.45, 7) is 6.99. The molecule has 1 aromatic heterocycles. The standard InChI is InChI=1S/C48H48BNO6Si/c1-48(2,3)57(35-17-6-4-7-18-35,36-19-8-5-9-20-36)55-31-34-29-39-45(47(53)38-22-12-11-21-37(38)46(39)52)40-30-49(54)56-43(44(34)40)26-25-32(41-23-14-15-27-50-41)28-33-16-10-13-24-42(33)51/h4-24,27-28,39-40,43,45,51,54H,25-26,29-31H2,1-3H3/b32-28-/t39-,40+,43-,45-/m1/s1. The lowest BCUT2D eigenvalue weighted by Gasteiger charge is -2.48. The van der Waals surface area contributed by atoms with E-state index in [1.807, 2.05) is 60.7 Å². The van der Waals surface area contributed by atoms with E-state index in [9.17, 15) is 19.7 Å². The van der Waals surface area contributed by atoms with Gasteiger partial charge >= 0.3 is 7.12 Å². The Hall–Kier alpha value is -5.19. The number of benzene rings is 4. The van der Waals surface area contributed by atoms with Crippen LogP contribution in [0.15, 0.2) is 145 Å². The Bertz CT molecular complexity index is 2280. The van der Waals surface area contributed by atoms with E-state index in [1.54, 1.807) is 30.5 Å². The molecule has 7 nitrogen and oxygen atoms in total. The average Bonchev–Trinajstić information content (AvgIpc) is 3.22. The Morgan fingerprint density at radius 1 is 0.825 bits per heavy atom. The number of phenols is 1. The Kier molecular flexibility index (Phi) is 10.8. The van der Waals surface area contributed by atoms with E-state index in [0.717, 1.165) is 32.8 Å². The predicted molar refractivity (Wildman–Crippen MR) is 228 cm³/mol. The van der Waals surface area contributed by atoms with Gasteiger partial charge in [-0.1, -0.05) is 130 Å². The van der Waals surface area contributed by atoms with Crippen molar-refractivity contribution in [2.75, 3.05) is 6.61 Å². The van der Waals surface area contributed by atoms with Crippen molar-refractivity contribution in [1.82, 2.24) is 4.98 Å². The minimum absolute atomic E-state index is 0.0298. The van der Waals surface area contributed by atoms with E-state index < -0.39 is 39.3 Å². The van der Waals surface area contributed by atoms with Gasteiger partial charge in [0.15, 0.2) is 11.6 Å². The van der Waals surface area contributed by atoms with E-state index in [0.29, 0.717) is 36.0 Å². The van der Waals surface area contributed by atoms with Crippen LogP contribution in [-0.4, -0.2) is 54.8 Å². The van der Waals surface area contributed by atoms with Gasteiger partial charge in [0.2, 0.25) is 0 Å². The number of carbonyl (C=O) groups excluding carboxylic acids is 2. The molecule has 288 valence electrons. The van der Waals surface area contributed by atoms with Crippen molar-refractivity contribution >= 4 is 49.0 Å². The molecule has 9 heteroatoms. The van der Waals surface area contributed by atoms with Crippen LogP contribution in [-0.2, 0) is 9.08 Å². The molecular weight excluding hydrogens is 725 g/mol. The van der Waals surface area contributed by atoms with Gasteiger partial charge in [-0.15, -0.1) is 0 Å². The van der Waals surface area contributed by atoms with Crippen LogP contribution < -0.4 is 10.4 Å². The zero-order chi connectivity index (χ0) is 39.7. The largest absolute Gasteiger partial charge is 0.507 e. The fourth-order valence-corrected chi connectivity index (χ4v) is 14.2. The number of aromatic nitrogens is 1. The topological polar surface area (TPSA) is 106 Å². The summed E-state index contributed by atoms with van der Waals surface area (Å²) in [4.78, 5) is 33.6. The lowest BCUT2D eigenvalue weighted by molar-refractivity contribution is 0.0592. The van der Waals surface area contributed by atoms with E-state index in [-0.39, 0.29) is 35.3 Å². The van der Waals surface area contributed by atoms with Gasteiger partial charge in [0.1, 0.15) is 5.75 Å². The summed E-state index contributed by atoms with van der Waals surface area (Å²) in [6, 6.07) is 41.1. The molecule has 57 heavy (non-hydrogen) atoms. The summed E-state index contributed by atoms with van der Waals surface area (Å²) in [7, 11) is -4.13. The molecule has 3 aliphatic rings. The van der Waals surface area contributed by atoms with Crippen molar-refractivity contribution in [1.29, 1.82) is 0 Å². The molecule has 0 saturated carbocycles. The molecule has 2 N–H and O–H groups in total. The van der Waals surface area contributed by atoms with Crippen molar-refractivity contribution < 1.29 is 28.8 Å². The predicted octanol–water partition coefficient (Wildman–Crippen LogP) is 8.19. The van der Waals surface area contributed by atoms with Gasteiger partial charge in [-0.2, -0.15) is 0 Å². The van der Waals surface area contributed by atoms with Gasteiger partial charge in [-0.05, 0) is 87.9 Å². The van der Waals surface area contributed by atoms with E-state index in [2.05, 4.69) is 74.3 Å². The zero-order valence-electron chi connectivity index (χ0n) is 32.7. The van der Waals surface area contributed by atoms with Gasteiger partial charge in [0, 0.05) is 34.7 Å². The second-order valence-electron chi connectivity index (χ2n) is 16.5. The third kappa shape index (κ3) is 7.30. The highest BCUT2D eigenvalue weighted by molar-refractivity contribution is 6.99. The fourth-order valence-electron chi connectivity index (χ4n) is 9.67. The fraction of sp³-hybridized carbons (Fsp3) is 0.271. The number of phenolic OH excluding ortho intramolecular Hbond substituents is 1. The summed E-state index contributed by atoms with van der Waals surface area (Å²) in [5, 5.41) is 24.2. The number of rotatable bonds is 10. The molecule has 0 unspecified atom stereocenters. The molecule has 1 saturated heterocycles. The number of hydrogen-bond acceptors (Lipinski definition) is 7. The van der Waals surface area contributed by atoms with Crippen LogP contribution in [0.25, 0.3) is 11.6 Å². The molecule has 0 bridgehead atoms. The van der Waals surface area contributed by atoms with Crippen LogP contribution in [0.2, 0.25) is 11.4 Å². The highest BCUT2D eigenvalue weighted by Crippen LogP contribution is 2.51. The molecule has 2 heterocycles. The third-order valence-electron chi connectivity index (χ3n) is 12.2. The molecule has 0 spiro atoms. The monoisotopic (exact) mass is 773 g/mol. The molecule has 4 atom stereocenters. The van der Waals surface area contributed by atoms with Crippen molar-refractivity contribution in [3.8, 4) is 5.75 Å². The number of nitrogens with zero attached hydrogens (tertiary/aromatic N) is 1. The van der Waals surface area contributed by atoms with Gasteiger partial charge < -0.3 is 19.2 Å². The highest BCUT2D eigenvalue weighted by atomic mass is 28.4. The summed E-state index contributed by atoms with van der Waals surface area (Å²) in [5.41, 5.74) is 5.19. The molecule has 1 fully saturated rings. The number of para-hydroxylation sites is 1. The number of allylic oxidation sites excluding steroid dienone is 1. The van der Waals surface area contributed by atoms with Crippen molar-refractivity contribution in [3.63, 3.8) is 0 Å². The molecule has 4 aromatic carbocycles. The first kappa shape index (κ1) is 38.7. The molecule has 2 aliphatic carbocycles. The van der Waals surface area contributed by atoms with Crippen molar-refractivity contribution in [2.24, 2.45) is 17.8 Å². The Balaban J connectivity index is 1.24. The second-order valence-corrected chi connectivity index (χ2v) is 20.8. The summed E-state index contributed by atoms with van der Waals surface area (Å²) in [6.07, 6.45) is 4.69. The molecule has 5 aromatic rings. The van der Waals surface area contributed by atoms with Crippen LogP contribution in [0.1, 0.15) is 72.0 Å². The molecule has 0 amide bonds. The van der Waals surface area contributed by atoms with Gasteiger partial charge in [-0.25, -0.2) is 0 Å². The van der Waals surface area contributed by atoms with Gasteiger partial charge in [0.25, 0.3) is 8.32 Å². The number of Topliss-reactive ketones (excluding diaryl/α,β-unsaturated/α-hetero) is 2. The lowest BCUT2D eigenvalue weighted by atomic mass is 9.54. The Labute approximate surface area is 336 Å². The SMILES string of the molecule is CC(C)(C)[Si](OCC1=C2[C@@H](CC/C(=C/c3ccccc3O)c3ccccn3)OB(O)C[C@@H]2[C@@H]2C(=O)c3ccccc3C(=O)[C@@H]2C1)(c1ccccc1)c1ccccc1. The maximum atomic E-state index is 14.5. The lowest BCUT2D eigenvalue weighted by Crippen LogP contribution is -2.66. The first-order valence-electron chi connectivity index (χ1n) is 19.9. The van der Waals surface area contributed by atoms with E-state index in [4.69, 9.17) is 9.08 Å². The third-order valence-corrected chi connectivity index (χ3v) is 17.2. The number of carbonyl (C=O) groups is 2. The number of pyridine rings is 1. The zero-order valence-corrected chi connectivity index (χ0v) is 33.7. The summed E-state index contributed by atoms with van der Waals surface area (Å²) in [5.74, 6) is -1.52. The molecule has 8 rings (SSSR count). The average molecular weight is 774 g/mol. The number of aromatic hydroxyl groups is 1. The van der Waals surface area contributed by atoms with Gasteiger partial charge in [0.05, 0.1) is 18.4 Å². The van der Waals surface area contributed by atoms with E-state index in [1.165, 1.54) is 0 Å². The Morgan fingerprint density at radius 3 is 2.07 bits per heavy atom. The normalized spacial score (nSPS) is 21.2. The van der Waals surface area contributed by atoms with Crippen LogP contribution >= 0.6 is 0 Å². The second kappa shape index (κ2) is 16.0. The summed E-state index contributed by atoms with van der Waals surface area (Å²) >= 11 is 0. The number of hydrogen-bond donors (Lipinski definition) is 2. The molecular formula is C48H48BNO6Si. The van der Waals surface area contributed by atoms with Crippen LogP contribution in [0.5, 0.6) is 5.75 Å². The van der Waals surface area contributed by atoms with Crippen molar-refractivity contribution in [3.05, 3.63) is 167 Å². The van der Waals surface area contributed by atoms with Gasteiger partial charge in [-0.3, -0.25) is 14.6 Å². The smallest absolute Gasteiger partial charge is 0.455 e. The number of ketones is 2. The molecule has 0 radical (unpaired) electrons. The maximum absolute atomic E-state index is 14.5. The van der Waals surface area contributed by atoms with E-state index >= 15 is 0 Å².